The van der Waals surface area contributed by atoms with Crippen molar-refractivity contribution < 1.29 is 0 Å². The summed E-state index contributed by atoms with van der Waals surface area (Å²) in [6.07, 6.45) is 2.99. The number of nitrogens with two attached hydrogens (primary N) is 1. The van der Waals surface area contributed by atoms with Gasteiger partial charge in [0.15, 0.2) is 0 Å². The van der Waals surface area contributed by atoms with Crippen molar-refractivity contribution in [2.24, 2.45) is 0 Å². The van der Waals surface area contributed by atoms with Crippen molar-refractivity contribution in [3.8, 4) is 0 Å². The molecule has 0 aliphatic heterocycles. The van der Waals surface area contributed by atoms with Gasteiger partial charge in [0.1, 0.15) is 12.2 Å². The van der Waals surface area contributed by atoms with Crippen molar-refractivity contribution in [1.29, 1.82) is 0 Å². The van der Waals surface area contributed by atoms with Gasteiger partial charge in [0.25, 0.3) is 0 Å². The normalized spacial score (nSPS) is 10.3. The van der Waals surface area contributed by atoms with Crippen LogP contribution >= 0.6 is 0 Å². The maximum Gasteiger partial charge on any atom is 0.352 e. The quantitative estimate of drug-likeness (QED) is 0.720. The first-order valence-electron chi connectivity index (χ1n) is 4.62. The second-order valence-corrected chi connectivity index (χ2v) is 3.22. The van der Waals surface area contributed by atoms with Crippen molar-refractivity contribution in [3.05, 3.63) is 40.6 Å². The Morgan fingerprint density at radius 3 is 2.88 bits per heavy atom. The number of nitrogens with zero attached hydrogens (tertiary/aromatic N) is 5. The smallest absolute Gasteiger partial charge is 0.352 e. The third kappa shape index (κ3) is 2.19. The molecule has 0 saturated carbocycles. The highest BCUT2D eigenvalue weighted by Crippen LogP contribution is 1.96. The molecule has 7 heteroatoms. The molecule has 0 amide bonds. The number of hydrogen-bond acceptors (Lipinski definition) is 6. The zero-order valence-corrected chi connectivity index (χ0v) is 8.66. The van der Waals surface area contributed by atoms with Gasteiger partial charge in [-0.05, 0) is 13.0 Å². The SMILES string of the molecule is Cc1nccc(Cn2cnc(N)nc2=O)n1. The van der Waals surface area contributed by atoms with Crippen LogP contribution in [0.15, 0.2) is 23.4 Å². The molecule has 0 fully saturated rings. The average Bonchev–Trinajstić information content (AvgIpc) is 2.22. The fourth-order valence-electron chi connectivity index (χ4n) is 1.25. The predicted molar refractivity (Wildman–Crippen MR) is 56.6 cm³/mol. The first-order valence-corrected chi connectivity index (χ1v) is 4.62. The fourth-order valence-corrected chi connectivity index (χ4v) is 1.25. The lowest BCUT2D eigenvalue weighted by atomic mass is 10.4. The van der Waals surface area contributed by atoms with Gasteiger partial charge in [-0.3, -0.25) is 4.57 Å². The van der Waals surface area contributed by atoms with Crippen molar-refractivity contribution >= 4 is 5.95 Å². The van der Waals surface area contributed by atoms with Gasteiger partial charge in [-0.25, -0.2) is 19.7 Å². The predicted octanol–water partition coefficient (Wildman–Crippen LogP) is -0.633. The Morgan fingerprint density at radius 1 is 1.38 bits per heavy atom. The third-order valence-electron chi connectivity index (χ3n) is 1.95. The Morgan fingerprint density at radius 2 is 2.19 bits per heavy atom. The second-order valence-electron chi connectivity index (χ2n) is 3.22. The molecule has 7 nitrogen and oxygen atoms in total. The molecule has 0 atom stereocenters. The second kappa shape index (κ2) is 4.05. The summed E-state index contributed by atoms with van der Waals surface area (Å²) >= 11 is 0. The van der Waals surface area contributed by atoms with E-state index in [1.54, 1.807) is 19.2 Å². The summed E-state index contributed by atoms with van der Waals surface area (Å²) in [5.41, 5.74) is 5.57. The average molecular weight is 218 g/mol. The zero-order valence-electron chi connectivity index (χ0n) is 8.66. The Labute approximate surface area is 91.0 Å². The molecule has 0 bridgehead atoms. The molecule has 2 N–H and O–H groups in total. The van der Waals surface area contributed by atoms with Crippen molar-refractivity contribution in [3.63, 3.8) is 0 Å². The van der Waals surface area contributed by atoms with E-state index in [0.717, 1.165) is 5.69 Å². The van der Waals surface area contributed by atoms with Gasteiger partial charge in [0.2, 0.25) is 5.95 Å². The number of hydrogen-bond donors (Lipinski definition) is 1. The highest BCUT2D eigenvalue weighted by Gasteiger charge is 2.01. The minimum absolute atomic E-state index is 0.0277. The van der Waals surface area contributed by atoms with Gasteiger partial charge >= 0.3 is 5.69 Å². The molecular formula is C9H10N6O. The van der Waals surface area contributed by atoms with Gasteiger partial charge in [-0.1, -0.05) is 0 Å². The van der Waals surface area contributed by atoms with E-state index in [0.29, 0.717) is 12.4 Å². The highest BCUT2D eigenvalue weighted by molar-refractivity contribution is 5.10. The van der Waals surface area contributed by atoms with Crippen molar-refractivity contribution in [1.82, 2.24) is 24.5 Å². The molecule has 0 aromatic carbocycles. The molecule has 0 radical (unpaired) electrons. The molecule has 0 aliphatic carbocycles. The monoisotopic (exact) mass is 218 g/mol. The summed E-state index contributed by atoms with van der Waals surface area (Å²) in [4.78, 5) is 26.8. The number of aryl methyl sites for hydroxylation is 1. The lowest BCUT2D eigenvalue weighted by Gasteiger charge is -2.03. The zero-order chi connectivity index (χ0) is 11.5. The molecule has 2 rings (SSSR count). The van der Waals surface area contributed by atoms with Crippen molar-refractivity contribution in [2.45, 2.75) is 13.5 Å². The van der Waals surface area contributed by atoms with Gasteiger partial charge in [0, 0.05) is 6.20 Å². The minimum Gasteiger partial charge on any atom is -0.368 e. The van der Waals surface area contributed by atoms with E-state index < -0.39 is 5.69 Å². The third-order valence-corrected chi connectivity index (χ3v) is 1.95. The van der Waals surface area contributed by atoms with Crippen LogP contribution in [0.3, 0.4) is 0 Å². The van der Waals surface area contributed by atoms with E-state index in [-0.39, 0.29) is 5.95 Å². The Hall–Kier alpha value is -2.31. The topological polar surface area (TPSA) is 99.6 Å². The molecule has 82 valence electrons. The Kier molecular flexibility index (Phi) is 2.59. The van der Waals surface area contributed by atoms with Crippen LogP contribution in [0.4, 0.5) is 5.95 Å². The summed E-state index contributed by atoms with van der Waals surface area (Å²) < 4.78 is 1.33. The van der Waals surface area contributed by atoms with Gasteiger partial charge in [0.05, 0.1) is 12.2 Å². The fraction of sp³-hybridized carbons (Fsp3) is 0.222. The van der Waals surface area contributed by atoms with Gasteiger partial charge in [-0.2, -0.15) is 4.98 Å². The number of aromatic nitrogens is 5. The summed E-state index contributed by atoms with van der Waals surface area (Å²) in [5.74, 6) is 0.627. The number of anilines is 1. The van der Waals surface area contributed by atoms with Crippen LogP contribution in [0.2, 0.25) is 0 Å². The molecule has 2 heterocycles. The van der Waals surface area contributed by atoms with E-state index >= 15 is 0 Å². The summed E-state index contributed by atoms with van der Waals surface area (Å²) in [7, 11) is 0. The van der Waals surface area contributed by atoms with E-state index in [4.69, 9.17) is 5.73 Å². The largest absolute Gasteiger partial charge is 0.368 e. The maximum atomic E-state index is 11.4. The van der Waals surface area contributed by atoms with Crippen LogP contribution in [-0.4, -0.2) is 24.5 Å². The molecule has 0 spiro atoms. The van der Waals surface area contributed by atoms with Crippen LogP contribution in [0, 0.1) is 6.92 Å². The summed E-state index contributed by atoms with van der Waals surface area (Å²) in [5, 5.41) is 0. The van der Waals surface area contributed by atoms with E-state index in [2.05, 4.69) is 19.9 Å². The molecule has 2 aromatic heterocycles. The van der Waals surface area contributed by atoms with Crippen LogP contribution in [0.5, 0.6) is 0 Å². The first-order chi connectivity index (χ1) is 7.65. The number of nitrogen functional groups attached to an aromatic ring is 1. The van der Waals surface area contributed by atoms with E-state index in [1.165, 1.54) is 10.9 Å². The van der Waals surface area contributed by atoms with Gasteiger partial charge < -0.3 is 5.73 Å². The van der Waals surface area contributed by atoms with Crippen LogP contribution < -0.4 is 11.4 Å². The molecule has 0 unspecified atom stereocenters. The van der Waals surface area contributed by atoms with Crippen LogP contribution in [-0.2, 0) is 6.54 Å². The maximum absolute atomic E-state index is 11.4. The molecule has 16 heavy (non-hydrogen) atoms. The number of rotatable bonds is 2. The summed E-state index contributed by atoms with van der Waals surface area (Å²) in [6, 6.07) is 1.73. The summed E-state index contributed by atoms with van der Waals surface area (Å²) in [6.45, 7) is 2.09. The lowest BCUT2D eigenvalue weighted by molar-refractivity contribution is 0.685. The molecule has 0 saturated heterocycles. The van der Waals surface area contributed by atoms with E-state index in [9.17, 15) is 4.79 Å². The van der Waals surface area contributed by atoms with Crippen molar-refractivity contribution in [2.75, 3.05) is 5.73 Å². The standard InChI is InChI=1S/C9H10N6O/c1-6-11-3-2-7(13-6)4-15-5-12-8(10)14-9(15)16/h2-3,5H,4H2,1H3,(H2,10,14,16). The first kappa shape index (κ1) is 10.2. The lowest BCUT2D eigenvalue weighted by Crippen LogP contribution is -2.25. The Bertz CT molecular complexity index is 564. The van der Waals surface area contributed by atoms with Crippen LogP contribution in [0.1, 0.15) is 11.5 Å². The molecular weight excluding hydrogens is 208 g/mol. The Balaban J connectivity index is 2.31. The van der Waals surface area contributed by atoms with E-state index in [1.807, 2.05) is 0 Å². The highest BCUT2D eigenvalue weighted by atomic mass is 16.1. The minimum atomic E-state index is -0.441. The van der Waals surface area contributed by atoms with Gasteiger partial charge in [-0.15, -0.1) is 0 Å². The molecule has 0 aliphatic rings. The van der Waals surface area contributed by atoms with Crippen LogP contribution in [0.25, 0.3) is 0 Å². The molecule has 2 aromatic rings.